The molecule has 0 aliphatic carbocycles. The SMILES string of the molecule is CCNc1ncnc(Nc2cccc(Cl)c2F)c1[N+](=O)[O-]. The number of benzene rings is 1. The first kappa shape index (κ1) is 14.9. The van der Waals surface area contributed by atoms with Gasteiger partial charge in [-0.3, -0.25) is 10.1 Å². The predicted octanol–water partition coefficient (Wildman–Crippen LogP) is 3.35. The molecule has 0 atom stereocenters. The molecular weight excluding hydrogens is 301 g/mol. The number of hydrogen-bond acceptors (Lipinski definition) is 6. The molecule has 110 valence electrons. The van der Waals surface area contributed by atoms with Crippen molar-refractivity contribution in [3.8, 4) is 0 Å². The molecule has 0 aliphatic heterocycles. The van der Waals surface area contributed by atoms with Crippen molar-refractivity contribution in [2.75, 3.05) is 17.2 Å². The van der Waals surface area contributed by atoms with Gasteiger partial charge in [0, 0.05) is 6.54 Å². The second-order valence-electron chi connectivity index (χ2n) is 3.93. The summed E-state index contributed by atoms with van der Waals surface area (Å²) in [5.41, 5.74) is -0.370. The first-order chi connectivity index (χ1) is 10.0. The third-order valence-corrected chi connectivity index (χ3v) is 2.85. The molecule has 9 heteroatoms. The van der Waals surface area contributed by atoms with Crippen LogP contribution in [0.4, 0.5) is 27.4 Å². The number of rotatable bonds is 5. The van der Waals surface area contributed by atoms with Gasteiger partial charge >= 0.3 is 5.69 Å². The van der Waals surface area contributed by atoms with Gasteiger partial charge in [-0.25, -0.2) is 14.4 Å². The molecule has 21 heavy (non-hydrogen) atoms. The number of nitrogens with one attached hydrogen (secondary N) is 2. The molecular formula is C12H11ClFN5O2. The van der Waals surface area contributed by atoms with Crippen LogP contribution in [0.3, 0.4) is 0 Å². The van der Waals surface area contributed by atoms with E-state index < -0.39 is 10.7 Å². The van der Waals surface area contributed by atoms with E-state index in [0.717, 1.165) is 6.33 Å². The highest BCUT2D eigenvalue weighted by Gasteiger charge is 2.23. The number of nitrogens with zero attached hydrogens (tertiary/aromatic N) is 3. The molecule has 0 unspecified atom stereocenters. The lowest BCUT2D eigenvalue weighted by molar-refractivity contribution is -0.383. The van der Waals surface area contributed by atoms with E-state index in [-0.39, 0.29) is 28.0 Å². The van der Waals surface area contributed by atoms with Gasteiger partial charge in [0.05, 0.1) is 15.6 Å². The van der Waals surface area contributed by atoms with Gasteiger partial charge in [-0.2, -0.15) is 0 Å². The molecule has 2 rings (SSSR count). The highest BCUT2D eigenvalue weighted by atomic mass is 35.5. The van der Waals surface area contributed by atoms with Gasteiger partial charge in [0.2, 0.25) is 11.6 Å². The zero-order valence-electron chi connectivity index (χ0n) is 10.9. The second-order valence-corrected chi connectivity index (χ2v) is 4.34. The van der Waals surface area contributed by atoms with Crippen molar-refractivity contribution in [1.29, 1.82) is 0 Å². The number of nitro groups is 1. The molecule has 0 amide bonds. The molecule has 0 radical (unpaired) electrons. The van der Waals surface area contributed by atoms with Gasteiger partial charge < -0.3 is 10.6 Å². The number of hydrogen-bond donors (Lipinski definition) is 2. The maximum atomic E-state index is 13.8. The van der Waals surface area contributed by atoms with E-state index in [2.05, 4.69) is 20.6 Å². The summed E-state index contributed by atoms with van der Waals surface area (Å²) >= 11 is 5.67. The Morgan fingerprint density at radius 3 is 2.76 bits per heavy atom. The first-order valence-electron chi connectivity index (χ1n) is 5.99. The summed E-state index contributed by atoms with van der Waals surface area (Å²) in [5.74, 6) is -0.772. The normalized spacial score (nSPS) is 10.2. The zero-order valence-corrected chi connectivity index (χ0v) is 11.7. The van der Waals surface area contributed by atoms with Crippen molar-refractivity contribution < 1.29 is 9.31 Å². The lowest BCUT2D eigenvalue weighted by Gasteiger charge is -2.10. The Kier molecular flexibility index (Phi) is 4.49. The summed E-state index contributed by atoms with van der Waals surface area (Å²) in [4.78, 5) is 18.2. The van der Waals surface area contributed by atoms with Gasteiger partial charge in [-0.15, -0.1) is 0 Å². The van der Waals surface area contributed by atoms with Crippen LogP contribution in [-0.4, -0.2) is 21.4 Å². The Balaban J connectivity index is 2.46. The molecule has 1 heterocycles. The maximum Gasteiger partial charge on any atom is 0.353 e. The summed E-state index contributed by atoms with van der Waals surface area (Å²) in [6.07, 6.45) is 1.15. The predicted molar refractivity (Wildman–Crippen MR) is 77.5 cm³/mol. The lowest BCUT2D eigenvalue weighted by Crippen LogP contribution is -2.08. The van der Waals surface area contributed by atoms with E-state index in [1.165, 1.54) is 18.2 Å². The van der Waals surface area contributed by atoms with Gasteiger partial charge in [-0.05, 0) is 19.1 Å². The molecule has 2 aromatic rings. The van der Waals surface area contributed by atoms with Crippen molar-refractivity contribution in [2.45, 2.75) is 6.92 Å². The van der Waals surface area contributed by atoms with Crippen LogP contribution in [0, 0.1) is 15.9 Å². The van der Waals surface area contributed by atoms with Gasteiger partial charge in [0.1, 0.15) is 6.33 Å². The fourth-order valence-electron chi connectivity index (χ4n) is 1.67. The molecule has 0 bridgehead atoms. The van der Waals surface area contributed by atoms with E-state index in [1.807, 2.05) is 0 Å². The van der Waals surface area contributed by atoms with Crippen LogP contribution >= 0.6 is 11.6 Å². The van der Waals surface area contributed by atoms with Crippen molar-refractivity contribution in [3.63, 3.8) is 0 Å². The highest BCUT2D eigenvalue weighted by Crippen LogP contribution is 2.32. The standard InChI is InChI=1S/C12H11ClFN5O2/c1-2-15-11-10(19(20)21)12(17-6-16-11)18-8-5-3-4-7(13)9(8)14/h3-6H,2H2,1H3,(H2,15,16,17,18). The monoisotopic (exact) mass is 311 g/mol. The molecule has 0 aliphatic rings. The van der Waals surface area contributed by atoms with Gasteiger partial charge in [0.25, 0.3) is 0 Å². The van der Waals surface area contributed by atoms with E-state index >= 15 is 0 Å². The smallest absolute Gasteiger partial charge is 0.353 e. The third kappa shape index (κ3) is 3.16. The van der Waals surface area contributed by atoms with Gasteiger partial charge in [0.15, 0.2) is 5.82 Å². The van der Waals surface area contributed by atoms with Crippen LogP contribution in [0.25, 0.3) is 0 Å². The topological polar surface area (TPSA) is 93.0 Å². The van der Waals surface area contributed by atoms with Crippen molar-refractivity contribution in [1.82, 2.24) is 9.97 Å². The third-order valence-electron chi connectivity index (χ3n) is 2.55. The van der Waals surface area contributed by atoms with E-state index in [9.17, 15) is 14.5 Å². The lowest BCUT2D eigenvalue weighted by atomic mass is 10.3. The number of halogens is 2. The number of aromatic nitrogens is 2. The summed E-state index contributed by atoms with van der Waals surface area (Å²) in [6.45, 7) is 2.22. The average molecular weight is 312 g/mol. The quantitative estimate of drug-likeness (QED) is 0.649. The highest BCUT2D eigenvalue weighted by molar-refractivity contribution is 6.31. The zero-order chi connectivity index (χ0) is 15.4. The van der Waals surface area contributed by atoms with Crippen molar-refractivity contribution >= 4 is 34.6 Å². The number of anilines is 3. The van der Waals surface area contributed by atoms with Crippen LogP contribution in [0.2, 0.25) is 5.02 Å². The molecule has 0 saturated heterocycles. The Bertz CT molecular complexity index is 683. The fourth-order valence-corrected chi connectivity index (χ4v) is 1.84. The van der Waals surface area contributed by atoms with E-state index in [4.69, 9.17) is 11.6 Å². The minimum atomic E-state index is -0.711. The summed E-state index contributed by atoms with van der Waals surface area (Å²) in [7, 11) is 0. The van der Waals surface area contributed by atoms with Crippen LogP contribution in [-0.2, 0) is 0 Å². The second kappa shape index (κ2) is 6.31. The molecule has 7 nitrogen and oxygen atoms in total. The summed E-state index contributed by atoms with van der Waals surface area (Å²) in [6, 6.07) is 4.30. The Labute approximate surface area is 124 Å². The molecule has 2 N–H and O–H groups in total. The fraction of sp³-hybridized carbons (Fsp3) is 0.167. The largest absolute Gasteiger partial charge is 0.364 e. The summed E-state index contributed by atoms with van der Waals surface area (Å²) in [5, 5.41) is 16.4. The van der Waals surface area contributed by atoms with Crippen LogP contribution in [0.5, 0.6) is 0 Å². The van der Waals surface area contributed by atoms with Crippen LogP contribution < -0.4 is 10.6 Å². The van der Waals surface area contributed by atoms with Crippen molar-refractivity contribution in [2.24, 2.45) is 0 Å². The van der Waals surface area contributed by atoms with Crippen molar-refractivity contribution in [3.05, 3.63) is 45.5 Å². The Morgan fingerprint density at radius 1 is 1.38 bits per heavy atom. The van der Waals surface area contributed by atoms with Gasteiger partial charge in [-0.1, -0.05) is 17.7 Å². The first-order valence-corrected chi connectivity index (χ1v) is 6.36. The minimum Gasteiger partial charge on any atom is -0.364 e. The van der Waals surface area contributed by atoms with E-state index in [1.54, 1.807) is 6.92 Å². The Morgan fingerprint density at radius 2 is 2.10 bits per heavy atom. The average Bonchev–Trinajstić information content (AvgIpc) is 2.44. The molecule has 1 aromatic heterocycles. The maximum absolute atomic E-state index is 13.8. The molecule has 1 aromatic carbocycles. The van der Waals surface area contributed by atoms with Crippen LogP contribution in [0.15, 0.2) is 24.5 Å². The molecule has 0 fully saturated rings. The van der Waals surface area contributed by atoms with Crippen LogP contribution in [0.1, 0.15) is 6.92 Å². The Hall–Kier alpha value is -2.48. The summed E-state index contributed by atoms with van der Waals surface area (Å²) < 4.78 is 13.8. The minimum absolute atomic E-state index is 0.00764. The molecule has 0 spiro atoms. The molecule has 0 saturated carbocycles. The van der Waals surface area contributed by atoms with E-state index in [0.29, 0.717) is 6.54 Å².